The molecule has 0 bridgehead atoms. The van der Waals surface area contributed by atoms with E-state index in [1.54, 1.807) is 18.3 Å². The smallest absolute Gasteiger partial charge is 0.141 e. The van der Waals surface area contributed by atoms with Crippen molar-refractivity contribution in [3.05, 3.63) is 41.4 Å². The molecule has 2 aromatic rings. The Morgan fingerprint density at radius 1 is 1.48 bits per heavy atom. The number of aromatic nitrogens is 2. The van der Waals surface area contributed by atoms with E-state index in [0.717, 1.165) is 11.4 Å². The van der Waals surface area contributed by atoms with E-state index in [4.69, 9.17) is 21.1 Å². The summed E-state index contributed by atoms with van der Waals surface area (Å²) in [5, 5.41) is 0.0890. The van der Waals surface area contributed by atoms with Crippen molar-refractivity contribution in [3.8, 4) is 11.4 Å². The van der Waals surface area contributed by atoms with Crippen molar-refractivity contribution in [2.45, 2.75) is 19.1 Å². The highest BCUT2D eigenvalue weighted by molar-refractivity contribution is 6.31. The highest BCUT2D eigenvalue weighted by Crippen LogP contribution is 2.30. The van der Waals surface area contributed by atoms with Gasteiger partial charge < -0.3 is 14.0 Å². The molecule has 0 spiro atoms. The van der Waals surface area contributed by atoms with Crippen LogP contribution in [0.5, 0.6) is 0 Å². The molecule has 0 amide bonds. The van der Waals surface area contributed by atoms with Crippen LogP contribution in [0.15, 0.2) is 30.6 Å². The van der Waals surface area contributed by atoms with E-state index in [0.29, 0.717) is 19.8 Å². The van der Waals surface area contributed by atoms with Crippen LogP contribution in [0, 0.1) is 5.82 Å². The van der Waals surface area contributed by atoms with E-state index >= 15 is 0 Å². The molecule has 4 nitrogen and oxygen atoms in total. The van der Waals surface area contributed by atoms with Gasteiger partial charge in [-0.05, 0) is 25.1 Å². The van der Waals surface area contributed by atoms with Gasteiger partial charge in [-0.2, -0.15) is 0 Å². The summed E-state index contributed by atoms with van der Waals surface area (Å²) in [4.78, 5) is 4.37. The standard InChI is InChI=1S/C15H16ClFN2O2/c1-2-21-14-9-20-8-13(14)19-6-5-18-15(19)10-3-4-12(17)11(16)7-10/h3-7,13-14H,2,8-9H2,1H3/t13-,14-/m0/s1. The zero-order valence-corrected chi connectivity index (χ0v) is 12.4. The number of rotatable bonds is 4. The summed E-state index contributed by atoms with van der Waals surface area (Å²) in [6, 6.07) is 4.67. The Labute approximate surface area is 127 Å². The molecule has 0 saturated carbocycles. The molecule has 1 aromatic heterocycles. The van der Waals surface area contributed by atoms with Crippen LogP contribution in [0.2, 0.25) is 5.02 Å². The third-order valence-corrected chi connectivity index (χ3v) is 3.87. The van der Waals surface area contributed by atoms with Crippen LogP contribution in [0.4, 0.5) is 4.39 Å². The number of hydrogen-bond donors (Lipinski definition) is 0. The van der Waals surface area contributed by atoms with Gasteiger partial charge in [0.15, 0.2) is 0 Å². The van der Waals surface area contributed by atoms with Crippen LogP contribution >= 0.6 is 11.6 Å². The van der Waals surface area contributed by atoms with Crippen molar-refractivity contribution >= 4 is 11.6 Å². The summed E-state index contributed by atoms with van der Waals surface area (Å²) in [5.41, 5.74) is 0.772. The van der Waals surface area contributed by atoms with Crippen LogP contribution in [0.1, 0.15) is 13.0 Å². The first kappa shape index (κ1) is 14.5. The molecule has 1 fully saturated rings. The van der Waals surface area contributed by atoms with Crippen molar-refractivity contribution in [1.82, 2.24) is 9.55 Å². The molecule has 2 heterocycles. The Bertz CT molecular complexity index is 632. The number of halogens is 2. The van der Waals surface area contributed by atoms with Gasteiger partial charge in [0.05, 0.1) is 24.3 Å². The maximum Gasteiger partial charge on any atom is 0.141 e. The molecule has 1 aliphatic heterocycles. The molecular formula is C15H16ClFN2O2. The van der Waals surface area contributed by atoms with Crippen LogP contribution in [0.3, 0.4) is 0 Å². The molecular weight excluding hydrogens is 295 g/mol. The SMILES string of the molecule is CCO[C@H]1COC[C@@H]1n1ccnc1-c1ccc(F)c(Cl)c1. The minimum absolute atomic E-state index is 0.00105. The van der Waals surface area contributed by atoms with E-state index in [-0.39, 0.29) is 17.2 Å². The molecule has 1 aliphatic rings. The lowest BCUT2D eigenvalue weighted by Gasteiger charge is -2.21. The Kier molecular flexibility index (Phi) is 4.24. The number of benzene rings is 1. The van der Waals surface area contributed by atoms with Gasteiger partial charge in [0, 0.05) is 24.6 Å². The molecule has 0 radical (unpaired) electrons. The number of nitrogens with zero attached hydrogens (tertiary/aromatic N) is 2. The lowest BCUT2D eigenvalue weighted by molar-refractivity contribution is 0.0364. The second-order valence-electron chi connectivity index (χ2n) is 4.89. The van der Waals surface area contributed by atoms with Crippen LogP contribution in [0.25, 0.3) is 11.4 Å². The first-order valence-corrected chi connectivity index (χ1v) is 7.26. The van der Waals surface area contributed by atoms with Crippen molar-refractivity contribution in [2.75, 3.05) is 19.8 Å². The fraction of sp³-hybridized carbons (Fsp3) is 0.400. The normalized spacial score (nSPS) is 21.9. The molecule has 0 unspecified atom stereocenters. The summed E-state index contributed by atoms with van der Waals surface area (Å²) in [6.07, 6.45) is 3.60. The fourth-order valence-electron chi connectivity index (χ4n) is 2.60. The van der Waals surface area contributed by atoms with Gasteiger partial charge in [-0.15, -0.1) is 0 Å². The van der Waals surface area contributed by atoms with Gasteiger partial charge in [0.2, 0.25) is 0 Å². The second kappa shape index (κ2) is 6.13. The number of hydrogen-bond acceptors (Lipinski definition) is 3. The number of ether oxygens (including phenoxy) is 2. The predicted octanol–water partition coefficient (Wildman–Crippen LogP) is 3.32. The van der Waals surface area contributed by atoms with E-state index < -0.39 is 5.82 Å². The molecule has 0 aliphatic carbocycles. The molecule has 112 valence electrons. The molecule has 2 atom stereocenters. The van der Waals surface area contributed by atoms with Crippen LogP contribution in [-0.4, -0.2) is 35.5 Å². The van der Waals surface area contributed by atoms with E-state index in [9.17, 15) is 4.39 Å². The Morgan fingerprint density at radius 2 is 2.33 bits per heavy atom. The summed E-state index contributed by atoms with van der Waals surface area (Å²) in [7, 11) is 0. The van der Waals surface area contributed by atoms with Gasteiger partial charge in [0.1, 0.15) is 17.7 Å². The second-order valence-corrected chi connectivity index (χ2v) is 5.29. The van der Waals surface area contributed by atoms with Crippen molar-refractivity contribution in [3.63, 3.8) is 0 Å². The third-order valence-electron chi connectivity index (χ3n) is 3.58. The molecule has 0 N–H and O–H groups in total. The van der Waals surface area contributed by atoms with Gasteiger partial charge in [-0.3, -0.25) is 0 Å². The maximum absolute atomic E-state index is 13.3. The molecule has 21 heavy (non-hydrogen) atoms. The zero-order chi connectivity index (χ0) is 14.8. The van der Waals surface area contributed by atoms with Gasteiger partial charge in [-0.25, -0.2) is 9.37 Å². The summed E-state index contributed by atoms with van der Waals surface area (Å²) in [6.45, 7) is 3.74. The lowest BCUT2D eigenvalue weighted by atomic mass is 10.1. The highest BCUT2D eigenvalue weighted by Gasteiger charge is 2.31. The zero-order valence-electron chi connectivity index (χ0n) is 11.6. The quantitative estimate of drug-likeness (QED) is 0.869. The highest BCUT2D eigenvalue weighted by atomic mass is 35.5. The van der Waals surface area contributed by atoms with Crippen molar-refractivity contribution in [2.24, 2.45) is 0 Å². The molecule has 6 heteroatoms. The first-order chi connectivity index (χ1) is 10.2. The lowest BCUT2D eigenvalue weighted by Crippen LogP contribution is -2.25. The van der Waals surface area contributed by atoms with E-state index in [1.807, 2.05) is 17.7 Å². The maximum atomic E-state index is 13.3. The fourth-order valence-corrected chi connectivity index (χ4v) is 2.78. The van der Waals surface area contributed by atoms with E-state index in [2.05, 4.69) is 4.98 Å². The van der Waals surface area contributed by atoms with E-state index in [1.165, 1.54) is 6.07 Å². The van der Waals surface area contributed by atoms with Gasteiger partial charge in [0.25, 0.3) is 0 Å². The minimum Gasteiger partial charge on any atom is -0.376 e. The Balaban J connectivity index is 1.95. The predicted molar refractivity (Wildman–Crippen MR) is 77.9 cm³/mol. The molecule has 1 aromatic carbocycles. The summed E-state index contributed by atoms with van der Waals surface area (Å²) < 4.78 is 26.5. The van der Waals surface area contributed by atoms with Crippen molar-refractivity contribution in [1.29, 1.82) is 0 Å². The average molecular weight is 311 g/mol. The molecule has 3 rings (SSSR count). The van der Waals surface area contributed by atoms with Gasteiger partial charge >= 0.3 is 0 Å². The Hall–Kier alpha value is -1.43. The summed E-state index contributed by atoms with van der Waals surface area (Å²) in [5.74, 6) is 0.298. The third kappa shape index (κ3) is 2.81. The number of imidazole rings is 1. The van der Waals surface area contributed by atoms with Gasteiger partial charge in [-0.1, -0.05) is 11.6 Å². The van der Waals surface area contributed by atoms with Crippen molar-refractivity contribution < 1.29 is 13.9 Å². The summed E-state index contributed by atoms with van der Waals surface area (Å²) >= 11 is 5.86. The Morgan fingerprint density at radius 3 is 3.10 bits per heavy atom. The first-order valence-electron chi connectivity index (χ1n) is 6.88. The monoisotopic (exact) mass is 310 g/mol. The largest absolute Gasteiger partial charge is 0.376 e. The van der Waals surface area contributed by atoms with Crippen LogP contribution in [-0.2, 0) is 9.47 Å². The topological polar surface area (TPSA) is 36.3 Å². The average Bonchev–Trinajstić information content (AvgIpc) is 3.10. The minimum atomic E-state index is -0.435. The van der Waals surface area contributed by atoms with Crippen LogP contribution < -0.4 is 0 Å². The molecule has 1 saturated heterocycles.